The Labute approximate surface area is 193 Å². The number of hydrogen-bond donors (Lipinski definition) is 2. The molecule has 3 aromatic rings. The number of benzene rings is 1. The van der Waals surface area contributed by atoms with Crippen molar-refractivity contribution in [3.63, 3.8) is 0 Å². The summed E-state index contributed by atoms with van der Waals surface area (Å²) in [5.41, 5.74) is 1.67. The lowest BCUT2D eigenvalue weighted by molar-refractivity contribution is 0.252. The Morgan fingerprint density at radius 1 is 1.38 bits per heavy atom. The van der Waals surface area contributed by atoms with Crippen LogP contribution < -0.4 is 4.72 Å². The quantitative estimate of drug-likeness (QED) is 0.365. The van der Waals surface area contributed by atoms with Gasteiger partial charge in [-0.15, -0.1) is 0 Å². The van der Waals surface area contributed by atoms with Crippen molar-refractivity contribution >= 4 is 50.2 Å². The number of aromatic amines is 1. The number of rotatable bonds is 9. The number of aromatic nitrogens is 3. The van der Waals surface area contributed by atoms with Crippen molar-refractivity contribution in [3.05, 3.63) is 40.8 Å². The molecule has 1 unspecified atom stereocenters. The van der Waals surface area contributed by atoms with Crippen LogP contribution in [0.2, 0.25) is 5.02 Å². The Kier molecular flexibility index (Phi) is 7.59. The molecule has 170 valence electrons. The van der Waals surface area contributed by atoms with Crippen LogP contribution in [0.4, 0.5) is 14.7 Å². The van der Waals surface area contributed by atoms with E-state index in [9.17, 15) is 17.2 Å². The van der Waals surface area contributed by atoms with E-state index in [4.69, 9.17) is 16.9 Å². The Bertz CT molecular complexity index is 1270. The Hall–Kier alpha value is -2.42. The summed E-state index contributed by atoms with van der Waals surface area (Å²) in [7, 11) is -4.13. The van der Waals surface area contributed by atoms with Crippen molar-refractivity contribution < 1.29 is 17.2 Å². The monoisotopic (exact) mass is 499 g/mol. The molecule has 2 heterocycles. The number of thioether (sulfide) groups is 1. The predicted octanol–water partition coefficient (Wildman–Crippen LogP) is 5.70. The van der Waals surface area contributed by atoms with E-state index in [0.29, 0.717) is 18.5 Å². The zero-order valence-corrected chi connectivity index (χ0v) is 19.6. The highest BCUT2D eigenvalue weighted by Crippen LogP contribution is 2.39. The van der Waals surface area contributed by atoms with Gasteiger partial charge in [-0.05, 0) is 36.5 Å². The SMILES string of the molecule is CCC(C)c1nc(NS(=O)(=O)c2c[nH]c3c(SC(F)F)c(Cl)ccc23)ncc1CCC#N. The summed E-state index contributed by atoms with van der Waals surface area (Å²) in [6, 6.07) is 4.91. The average molecular weight is 500 g/mol. The van der Waals surface area contributed by atoms with Crippen molar-refractivity contribution in [1.29, 1.82) is 5.26 Å². The highest BCUT2D eigenvalue weighted by molar-refractivity contribution is 8.00. The highest BCUT2D eigenvalue weighted by Gasteiger charge is 2.24. The molecule has 0 aliphatic heterocycles. The van der Waals surface area contributed by atoms with Crippen molar-refractivity contribution in [2.45, 2.75) is 54.6 Å². The van der Waals surface area contributed by atoms with Crippen LogP contribution in [0.15, 0.2) is 34.3 Å². The number of fused-ring (bicyclic) bond motifs is 1. The van der Waals surface area contributed by atoms with E-state index in [1.165, 1.54) is 24.5 Å². The molecule has 0 amide bonds. The number of nitrogens with one attached hydrogen (secondary N) is 2. The fourth-order valence-electron chi connectivity index (χ4n) is 3.20. The standard InChI is InChI=1S/C20H20ClF2N5O2S2/c1-3-11(2)16-12(5-4-8-24)9-26-20(27-16)28-32(29,30)15-10-25-17-13(15)6-7-14(21)18(17)31-19(22)23/h6-7,9-11,19,25H,3-5H2,1-2H3,(H,26,27,28). The van der Waals surface area contributed by atoms with E-state index in [2.05, 4.69) is 25.7 Å². The zero-order valence-electron chi connectivity index (χ0n) is 17.2. The van der Waals surface area contributed by atoms with Crippen LogP contribution in [0.3, 0.4) is 0 Å². The van der Waals surface area contributed by atoms with E-state index in [1.54, 1.807) is 0 Å². The molecule has 1 aromatic carbocycles. The minimum Gasteiger partial charge on any atom is -0.359 e. The van der Waals surface area contributed by atoms with Gasteiger partial charge in [0.15, 0.2) is 0 Å². The Morgan fingerprint density at radius 3 is 2.78 bits per heavy atom. The molecule has 3 rings (SSSR count). The number of H-pyrrole nitrogens is 1. The molecule has 32 heavy (non-hydrogen) atoms. The van der Waals surface area contributed by atoms with E-state index in [-0.39, 0.29) is 49.3 Å². The molecule has 0 fully saturated rings. The molecular formula is C20H20ClF2N5O2S2. The molecule has 0 spiro atoms. The molecule has 7 nitrogen and oxygen atoms in total. The number of nitriles is 1. The van der Waals surface area contributed by atoms with Crippen LogP contribution in [0.1, 0.15) is 43.9 Å². The van der Waals surface area contributed by atoms with Gasteiger partial charge in [-0.3, -0.25) is 0 Å². The second-order valence-electron chi connectivity index (χ2n) is 7.01. The molecule has 0 saturated carbocycles. The number of aryl methyl sites for hydroxylation is 1. The van der Waals surface area contributed by atoms with Crippen molar-refractivity contribution in [1.82, 2.24) is 15.0 Å². The van der Waals surface area contributed by atoms with Gasteiger partial charge in [-0.2, -0.15) is 14.0 Å². The fourth-order valence-corrected chi connectivity index (χ4v) is 5.25. The summed E-state index contributed by atoms with van der Waals surface area (Å²) >= 11 is 6.27. The first kappa shape index (κ1) is 24.2. The number of halogens is 3. The second-order valence-corrected chi connectivity index (χ2v) is 10.1. The summed E-state index contributed by atoms with van der Waals surface area (Å²) in [4.78, 5) is 11.2. The summed E-state index contributed by atoms with van der Waals surface area (Å²) in [5.74, 6) is -2.78. The smallest absolute Gasteiger partial charge is 0.289 e. The number of hydrogen-bond acceptors (Lipinski definition) is 6. The normalized spacial score (nSPS) is 12.8. The number of anilines is 1. The van der Waals surface area contributed by atoms with E-state index in [0.717, 1.165) is 12.0 Å². The van der Waals surface area contributed by atoms with E-state index < -0.39 is 15.8 Å². The lowest BCUT2D eigenvalue weighted by Crippen LogP contribution is -2.16. The average Bonchev–Trinajstić information content (AvgIpc) is 3.19. The maximum absolute atomic E-state index is 13.1. The van der Waals surface area contributed by atoms with E-state index in [1.807, 2.05) is 13.8 Å². The van der Waals surface area contributed by atoms with Crippen LogP contribution in [0.25, 0.3) is 10.9 Å². The van der Waals surface area contributed by atoms with Crippen LogP contribution in [0, 0.1) is 11.3 Å². The predicted molar refractivity (Wildman–Crippen MR) is 121 cm³/mol. The molecule has 0 aliphatic carbocycles. The van der Waals surface area contributed by atoms with Crippen LogP contribution in [-0.4, -0.2) is 29.1 Å². The number of sulfonamides is 1. The van der Waals surface area contributed by atoms with Crippen molar-refractivity contribution in [2.24, 2.45) is 0 Å². The van der Waals surface area contributed by atoms with Gasteiger partial charge in [0.25, 0.3) is 15.8 Å². The summed E-state index contributed by atoms with van der Waals surface area (Å²) in [6.07, 6.45) is 4.29. The number of nitrogens with zero attached hydrogens (tertiary/aromatic N) is 3. The molecule has 0 saturated heterocycles. The lowest BCUT2D eigenvalue weighted by Gasteiger charge is -2.15. The van der Waals surface area contributed by atoms with Crippen LogP contribution in [-0.2, 0) is 16.4 Å². The molecule has 12 heteroatoms. The Balaban J connectivity index is 1.99. The lowest BCUT2D eigenvalue weighted by atomic mass is 9.98. The summed E-state index contributed by atoms with van der Waals surface area (Å²) in [5, 5.41) is 9.18. The van der Waals surface area contributed by atoms with Crippen LogP contribution >= 0.6 is 23.4 Å². The van der Waals surface area contributed by atoms with Crippen LogP contribution in [0.5, 0.6) is 0 Å². The maximum Gasteiger partial charge on any atom is 0.289 e. The van der Waals surface area contributed by atoms with Crippen molar-refractivity contribution in [3.8, 4) is 6.07 Å². The molecule has 0 bridgehead atoms. The zero-order chi connectivity index (χ0) is 23.5. The topological polar surface area (TPSA) is 112 Å². The largest absolute Gasteiger partial charge is 0.359 e. The van der Waals surface area contributed by atoms with E-state index >= 15 is 0 Å². The Morgan fingerprint density at radius 2 is 2.12 bits per heavy atom. The van der Waals surface area contributed by atoms with Gasteiger partial charge in [-0.1, -0.05) is 37.2 Å². The summed E-state index contributed by atoms with van der Waals surface area (Å²) in [6.45, 7) is 3.94. The maximum atomic E-state index is 13.1. The molecule has 2 N–H and O–H groups in total. The van der Waals surface area contributed by atoms with Gasteiger partial charge in [0, 0.05) is 24.2 Å². The molecule has 0 radical (unpaired) electrons. The number of alkyl halides is 2. The van der Waals surface area contributed by atoms with Gasteiger partial charge in [0.1, 0.15) is 4.90 Å². The molecule has 0 aliphatic rings. The van der Waals surface area contributed by atoms with Gasteiger partial charge in [0.05, 0.1) is 27.2 Å². The van der Waals surface area contributed by atoms with Gasteiger partial charge >= 0.3 is 0 Å². The third-order valence-corrected chi connectivity index (χ3v) is 7.56. The fraction of sp³-hybridized carbons (Fsp3) is 0.350. The third kappa shape index (κ3) is 5.14. The highest BCUT2D eigenvalue weighted by atomic mass is 35.5. The van der Waals surface area contributed by atoms with Gasteiger partial charge in [-0.25, -0.2) is 23.1 Å². The van der Waals surface area contributed by atoms with Crippen molar-refractivity contribution in [2.75, 3.05) is 4.72 Å². The second kappa shape index (κ2) is 10.0. The first-order valence-electron chi connectivity index (χ1n) is 9.67. The molecular weight excluding hydrogens is 480 g/mol. The summed E-state index contributed by atoms with van der Waals surface area (Å²) < 4.78 is 54.3. The molecule has 1 atom stereocenters. The van der Waals surface area contributed by atoms with Gasteiger partial charge < -0.3 is 4.98 Å². The first-order chi connectivity index (χ1) is 15.2. The van der Waals surface area contributed by atoms with Gasteiger partial charge in [0.2, 0.25) is 5.95 Å². The third-order valence-electron chi connectivity index (χ3n) is 4.93. The first-order valence-corrected chi connectivity index (χ1v) is 12.4. The minimum absolute atomic E-state index is 0.0408. The molecule has 2 aromatic heterocycles. The minimum atomic E-state index is -4.13.